The summed E-state index contributed by atoms with van der Waals surface area (Å²) in [5.41, 5.74) is 5.99. The van der Waals surface area contributed by atoms with E-state index in [-0.39, 0.29) is 11.9 Å². The number of anilines is 1. The van der Waals surface area contributed by atoms with Gasteiger partial charge in [0.05, 0.1) is 6.04 Å². The van der Waals surface area contributed by atoms with Gasteiger partial charge in [0.25, 0.3) is 0 Å². The van der Waals surface area contributed by atoms with E-state index in [9.17, 15) is 4.79 Å². The minimum Gasteiger partial charge on any atom is -0.353 e. The topological polar surface area (TPSA) is 62.5 Å². The molecule has 0 unspecified atom stereocenters. The molecule has 1 saturated heterocycles. The largest absolute Gasteiger partial charge is 0.353 e. The van der Waals surface area contributed by atoms with Crippen molar-refractivity contribution in [2.24, 2.45) is 11.7 Å². The Balaban J connectivity index is 1.88. The van der Waals surface area contributed by atoms with Crippen LogP contribution in [0.5, 0.6) is 0 Å². The molecule has 1 atom stereocenters. The minimum absolute atomic E-state index is 0.0760. The van der Waals surface area contributed by atoms with E-state index >= 15 is 0 Å². The summed E-state index contributed by atoms with van der Waals surface area (Å²) < 4.78 is 0.972. The molecular formula is C15H23BrN4O. The molecular weight excluding hydrogens is 332 g/mol. The van der Waals surface area contributed by atoms with Crippen LogP contribution >= 0.6 is 15.9 Å². The highest BCUT2D eigenvalue weighted by molar-refractivity contribution is 9.10. The number of aromatic nitrogens is 1. The molecule has 0 radical (unpaired) electrons. The summed E-state index contributed by atoms with van der Waals surface area (Å²) in [4.78, 5) is 20.8. The van der Waals surface area contributed by atoms with Crippen LogP contribution in [0.1, 0.15) is 20.3 Å². The third kappa shape index (κ3) is 4.41. The fraction of sp³-hybridized carbons (Fsp3) is 0.600. The Bertz CT molecular complexity index is 469. The van der Waals surface area contributed by atoms with Crippen molar-refractivity contribution in [1.29, 1.82) is 0 Å². The standard InChI is InChI=1S/C15H23BrN4O/c1-11(2)9-13(17)15(21)20-7-5-19(6-8-20)14-4-3-12(16)10-18-14/h3-4,10-11,13H,5-9,17H2,1-2H3/t13-/m1/s1. The zero-order chi connectivity index (χ0) is 15.4. The number of rotatable bonds is 4. The van der Waals surface area contributed by atoms with Gasteiger partial charge in [-0.3, -0.25) is 4.79 Å². The second-order valence-electron chi connectivity index (χ2n) is 5.88. The van der Waals surface area contributed by atoms with Crippen LogP contribution in [0.3, 0.4) is 0 Å². The van der Waals surface area contributed by atoms with Crippen LogP contribution < -0.4 is 10.6 Å². The SMILES string of the molecule is CC(C)C[C@@H](N)C(=O)N1CCN(c2ccc(Br)cn2)CC1. The second-order valence-corrected chi connectivity index (χ2v) is 6.80. The molecule has 1 aromatic heterocycles. The molecule has 1 aromatic rings. The third-order valence-corrected chi connectivity index (χ3v) is 4.14. The molecule has 2 heterocycles. The average molecular weight is 355 g/mol. The lowest BCUT2D eigenvalue weighted by Gasteiger charge is -2.36. The summed E-state index contributed by atoms with van der Waals surface area (Å²) in [5.74, 6) is 1.47. The maximum absolute atomic E-state index is 12.3. The molecule has 0 spiro atoms. The van der Waals surface area contributed by atoms with E-state index in [4.69, 9.17) is 5.73 Å². The lowest BCUT2D eigenvalue weighted by atomic mass is 10.0. The molecule has 21 heavy (non-hydrogen) atoms. The molecule has 0 saturated carbocycles. The lowest BCUT2D eigenvalue weighted by molar-refractivity contribution is -0.133. The Hall–Kier alpha value is -1.14. The first kappa shape index (κ1) is 16.2. The highest BCUT2D eigenvalue weighted by Gasteiger charge is 2.26. The predicted octanol–water partition coefficient (Wildman–Crippen LogP) is 1.87. The number of carbonyl (C=O) groups excluding carboxylic acids is 1. The normalized spacial score (nSPS) is 17.2. The van der Waals surface area contributed by atoms with E-state index in [1.54, 1.807) is 6.20 Å². The average Bonchev–Trinajstić information content (AvgIpc) is 2.47. The third-order valence-electron chi connectivity index (χ3n) is 3.67. The number of nitrogens with two attached hydrogens (primary N) is 1. The first-order valence-corrected chi connectivity index (χ1v) is 8.17. The van der Waals surface area contributed by atoms with Gasteiger partial charge in [0.15, 0.2) is 0 Å². The fourth-order valence-corrected chi connectivity index (χ4v) is 2.79. The van der Waals surface area contributed by atoms with Crippen molar-refractivity contribution < 1.29 is 4.79 Å². The fourth-order valence-electron chi connectivity index (χ4n) is 2.55. The van der Waals surface area contributed by atoms with Gasteiger partial charge in [-0.15, -0.1) is 0 Å². The quantitative estimate of drug-likeness (QED) is 0.896. The predicted molar refractivity (Wildman–Crippen MR) is 88.2 cm³/mol. The van der Waals surface area contributed by atoms with Crippen molar-refractivity contribution in [3.05, 3.63) is 22.8 Å². The van der Waals surface area contributed by atoms with Gasteiger partial charge in [-0.2, -0.15) is 0 Å². The van der Waals surface area contributed by atoms with Crippen LogP contribution in [-0.4, -0.2) is 48.0 Å². The number of halogens is 1. The Morgan fingerprint density at radius 3 is 2.52 bits per heavy atom. The molecule has 6 heteroatoms. The summed E-state index contributed by atoms with van der Waals surface area (Å²) in [7, 11) is 0. The first-order chi connectivity index (χ1) is 9.97. The summed E-state index contributed by atoms with van der Waals surface area (Å²) in [6.45, 7) is 7.20. The van der Waals surface area contributed by atoms with E-state index in [1.807, 2.05) is 17.0 Å². The number of pyridine rings is 1. The van der Waals surface area contributed by atoms with Gasteiger partial charge in [-0.05, 0) is 40.4 Å². The van der Waals surface area contributed by atoms with Gasteiger partial charge in [0.1, 0.15) is 5.82 Å². The number of amides is 1. The second kappa shape index (κ2) is 7.22. The van der Waals surface area contributed by atoms with E-state index < -0.39 is 0 Å². The Kier molecular flexibility index (Phi) is 5.58. The van der Waals surface area contributed by atoms with Crippen molar-refractivity contribution in [3.63, 3.8) is 0 Å². The number of hydrogen-bond acceptors (Lipinski definition) is 4. The van der Waals surface area contributed by atoms with Crippen molar-refractivity contribution in [3.8, 4) is 0 Å². The van der Waals surface area contributed by atoms with Gasteiger partial charge in [-0.25, -0.2) is 4.98 Å². The highest BCUT2D eigenvalue weighted by Crippen LogP contribution is 2.17. The van der Waals surface area contributed by atoms with Crippen LogP contribution in [0.25, 0.3) is 0 Å². The molecule has 1 aliphatic rings. The molecule has 1 aliphatic heterocycles. The number of nitrogens with zero attached hydrogens (tertiary/aromatic N) is 3. The molecule has 0 bridgehead atoms. The molecule has 2 N–H and O–H groups in total. The lowest BCUT2D eigenvalue weighted by Crippen LogP contribution is -2.53. The molecule has 0 aliphatic carbocycles. The van der Waals surface area contributed by atoms with Gasteiger partial charge in [0, 0.05) is 36.8 Å². The van der Waals surface area contributed by atoms with Crippen LogP contribution in [0.15, 0.2) is 22.8 Å². The molecule has 5 nitrogen and oxygen atoms in total. The molecule has 1 amide bonds. The summed E-state index contributed by atoms with van der Waals surface area (Å²) in [6, 6.07) is 3.60. The zero-order valence-electron chi connectivity index (χ0n) is 12.6. The summed E-state index contributed by atoms with van der Waals surface area (Å²) in [5, 5.41) is 0. The van der Waals surface area contributed by atoms with Crippen LogP contribution in [0, 0.1) is 5.92 Å². The van der Waals surface area contributed by atoms with Gasteiger partial charge in [0.2, 0.25) is 5.91 Å². The van der Waals surface area contributed by atoms with E-state index in [2.05, 4.69) is 39.7 Å². The van der Waals surface area contributed by atoms with Gasteiger partial charge < -0.3 is 15.5 Å². The smallest absolute Gasteiger partial charge is 0.239 e. The number of piperazine rings is 1. The van der Waals surface area contributed by atoms with Gasteiger partial charge in [-0.1, -0.05) is 13.8 Å². The van der Waals surface area contributed by atoms with E-state index in [0.29, 0.717) is 19.0 Å². The first-order valence-electron chi connectivity index (χ1n) is 7.38. The van der Waals surface area contributed by atoms with Crippen molar-refractivity contribution >= 4 is 27.7 Å². The Morgan fingerprint density at radius 1 is 1.33 bits per heavy atom. The minimum atomic E-state index is -0.373. The summed E-state index contributed by atoms with van der Waals surface area (Å²) >= 11 is 3.39. The maximum Gasteiger partial charge on any atom is 0.239 e. The Morgan fingerprint density at radius 2 is 2.00 bits per heavy atom. The molecule has 1 fully saturated rings. The van der Waals surface area contributed by atoms with E-state index in [0.717, 1.165) is 29.8 Å². The number of hydrogen-bond donors (Lipinski definition) is 1. The maximum atomic E-state index is 12.3. The van der Waals surface area contributed by atoms with Gasteiger partial charge >= 0.3 is 0 Å². The zero-order valence-corrected chi connectivity index (χ0v) is 14.2. The summed E-state index contributed by atoms with van der Waals surface area (Å²) in [6.07, 6.45) is 2.54. The van der Waals surface area contributed by atoms with Crippen LogP contribution in [-0.2, 0) is 4.79 Å². The van der Waals surface area contributed by atoms with E-state index in [1.165, 1.54) is 0 Å². The highest BCUT2D eigenvalue weighted by atomic mass is 79.9. The Labute approximate surface area is 134 Å². The van der Waals surface area contributed by atoms with Crippen LogP contribution in [0.4, 0.5) is 5.82 Å². The number of carbonyl (C=O) groups is 1. The molecule has 0 aromatic carbocycles. The van der Waals surface area contributed by atoms with Crippen molar-refractivity contribution in [2.75, 3.05) is 31.1 Å². The van der Waals surface area contributed by atoms with Crippen molar-refractivity contribution in [1.82, 2.24) is 9.88 Å². The monoisotopic (exact) mass is 354 g/mol. The van der Waals surface area contributed by atoms with Crippen LogP contribution in [0.2, 0.25) is 0 Å². The van der Waals surface area contributed by atoms with Crippen molar-refractivity contribution in [2.45, 2.75) is 26.3 Å². The molecule has 2 rings (SSSR count). The molecule has 116 valence electrons.